The molecule has 0 aliphatic rings. The van der Waals surface area contributed by atoms with Crippen molar-refractivity contribution in [1.82, 2.24) is 4.57 Å². The molecule has 0 spiro atoms. The van der Waals surface area contributed by atoms with E-state index in [0.29, 0.717) is 12.1 Å². The van der Waals surface area contributed by atoms with Gasteiger partial charge in [0.15, 0.2) is 0 Å². The van der Waals surface area contributed by atoms with Crippen LogP contribution in [0.3, 0.4) is 0 Å². The molecular weight excluding hydrogens is 301 g/mol. The van der Waals surface area contributed by atoms with E-state index in [1.54, 1.807) is 11.5 Å². The van der Waals surface area contributed by atoms with Crippen molar-refractivity contribution in [1.29, 1.82) is 0 Å². The number of fused-ring (bicyclic) bond motifs is 1. The van der Waals surface area contributed by atoms with Crippen molar-refractivity contribution < 1.29 is 18.7 Å². The number of aromatic nitrogens is 1. The van der Waals surface area contributed by atoms with Crippen LogP contribution >= 0.6 is 11.6 Å². The SMILES string of the molecule is CCn1cc(C(=O)OC(C)=O)c(=O)c2cc(F)c(Cl)cc21. The largest absolute Gasteiger partial charge is 0.389 e. The van der Waals surface area contributed by atoms with Crippen molar-refractivity contribution in [2.45, 2.75) is 20.4 Å². The van der Waals surface area contributed by atoms with Crippen LogP contribution in [0.5, 0.6) is 0 Å². The van der Waals surface area contributed by atoms with Crippen LogP contribution in [0.15, 0.2) is 23.1 Å². The first-order valence-corrected chi connectivity index (χ1v) is 6.48. The van der Waals surface area contributed by atoms with E-state index in [-0.39, 0.29) is 16.0 Å². The van der Waals surface area contributed by atoms with E-state index in [9.17, 15) is 18.8 Å². The Hall–Kier alpha value is -2.21. The van der Waals surface area contributed by atoms with Crippen LogP contribution in [0.4, 0.5) is 4.39 Å². The van der Waals surface area contributed by atoms with Gasteiger partial charge in [-0.2, -0.15) is 0 Å². The summed E-state index contributed by atoms with van der Waals surface area (Å²) in [6.07, 6.45) is 1.27. The summed E-state index contributed by atoms with van der Waals surface area (Å²) in [6.45, 7) is 3.25. The molecular formula is C14H11ClFNO4. The third-order valence-corrected chi connectivity index (χ3v) is 3.21. The molecule has 2 rings (SSSR count). The summed E-state index contributed by atoms with van der Waals surface area (Å²) >= 11 is 5.71. The molecule has 0 N–H and O–H groups in total. The number of carbonyl (C=O) groups excluding carboxylic acids is 2. The fourth-order valence-corrected chi connectivity index (χ4v) is 2.14. The standard InChI is InChI=1S/C14H11ClFNO4/c1-3-17-6-9(14(20)21-7(2)18)13(19)8-4-11(16)10(15)5-12(8)17/h4-6H,3H2,1-2H3. The number of nitrogens with zero attached hydrogens (tertiary/aromatic N) is 1. The molecule has 5 nitrogen and oxygen atoms in total. The van der Waals surface area contributed by atoms with Gasteiger partial charge in [-0.3, -0.25) is 9.59 Å². The van der Waals surface area contributed by atoms with E-state index in [1.807, 2.05) is 0 Å². The fraction of sp³-hybridized carbons (Fsp3) is 0.214. The van der Waals surface area contributed by atoms with Gasteiger partial charge in [-0.05, 0) is 19.1 Å². The number of pyridine rings is 1. The smallest absolute Gasteiger partial charge is 0.351 e. The summed E-state index contributed by atoms with van der Waals surface area (Å²) in [4.78, 5) is 34.8. The monoisotopic (exact) mass is 311 g/mol. The van der Waals surface area contributed by atoms with Crippen LogP contribution in [-0.2, 0) is 16.1 Å². The number of carbonyl (C=O) groups is 2. The maximum Gasteiger partial charge on any atom is 0.351 e. The van der Waals surface area contributed by atoms with E-state index < -0.39 is 23.2 Å². The fourth-order valence-electron chi connectivity index (χ4n) is 1.98. The zero-order valence-electron chi connectivity index (χ0n) is 11.3. The Balaban J connectivity index is 2.78. The Morgan fingerprint density at radius 3 is 2.62 bits per heavy atom. The van der Waals surface area contributed by atoms with Crippen molar-refractivity contribution in [2.75, 3.05) is 0 Å². The van der Waals surface area contributed by atoms with Gasteiger partial charge in [0.05, 0.1) is 10.5 Å². The van der Waals surface area contributed by atoms with Crippen LogP contribution < -0.4 is 5.43 Å². The van der Waals surface area contributed by atoms with Gasteiger partial charge in [-0.1, -0.05) is 11.6 Å². The first-order chi connectivity index (χ1) is 9.85. The summed E-state index contributed by atoms with van der Waals surface area (Å²) in [5, 5.41) is -0.125. The Morgan fingerprint density at radius 1 is 1.38 bits per heavy atom. The molecule has 1 aromatic carbocycles. The van der Waals surface area contributed by atoms with Crippen LogP contribution in [-0.4, -0.2) is 16.5 Å². The molecule has 0 aliphatic heterocycles. The molecule has 0 saturated heterocycles. The third kappa shape index (κ3) is 2.80. The molecule has 0 unspecified atom stereocenters. The third-order valence-electron chi connectivity index (χ3n) is 2.92. The molecule has 0 aliphatic carbocycles. The molecule has 0 amide bonds. The Labute approximate surface area is 123 Å². The van der Waals surface area contributed by atoms with Gasteiger partial charge in [0, 0.05) is 25.1 Å². The highest BCUT2D eigenvalue weighted by molar-refractivity contribution is 6.31. The Kier molecular flexibility index (Phi) is 4.09. The second kappa shape index (κ2) is 5.65. The van der Waals surface area contributed by atoms with Gasteiger partial charge in [0.2, 0.25) is 5.43 Å². The maximum absolute atomic E-state index is 13.6. The molecule has 0 radical (unpaired) electrons. The Bertz CT molecular complexity index is 813. The number of esters is 2. The highest BCUT2D eigenvalue weighted by atomic mass is 35.5. The minimum absolute atomic E-state index is 0.00301. The van der Waals surface area contributed by atoms with Gasteiger partial charge >= 0.3 is 11.9 Å². The van der Waals surface area contributed by atoms with Crippen molar-refractivity contribution in [3.63, 3.8) is 0 Å². The molecule has 21 heavy (non-hydrogen) atoms. The van der Waals surface area contributed by atoms with Crippen molar-refractivity contribution in [3.8, 4) is 0 Å². The second-order valence-electron chi connectivity index (χ2n) is 4.32. The highest BCUT2D eigenvalue weighted by Gasteiger charge is 2.19. The molecule has 1 aromatic heterocycles. The first-order valence-electron chi connectivity index (χ1n) is 6.10. The van der Waals surface area contributed by atoms with Gasteiger partial charge in [0.25, 0.3) is 0 Å². The zero-order chi connectivity index (χ0) is 15.7. The van der Waals surface area contributed by atoms with Crippen LogP contribution in [0.25, 0.3) is 10.9 Å². The van der Waals surface area contributed by atoms with E-state index in [1.165, 1.54) is 12.3 Å². The van der Waals surface area contributed by atoms with Gasteiger partial charge < -0.3 is 9.30 Å². The first kappa shape index (κ1) is 15.2. The number of rotatable bonds is 2. The molecule has 7 heteroatoms. The summed E-state index contributed by atoms with van der Waals surface area (Å²) in [6, 6.07) is 2.29. The average molecular weight is 312 g/mol. The molecule has 0 bridgehead atoms. The van der Waals surface area contributed by atoms with E-state index >= 15 is 0 Å². The molecule has 110 valence electrons. The number of hydrogen-bond acceptors (Lipinski definition) is 4. The molecule has 2 aromatic rings. The molecule has 1 heterocycles. The number of halogens is 2. The molecule has 0 atom stereocenters. The van der Waals surface area contributed by atoms with Crippen LogP contribution in [0.1, 0.15) is 24.2 Å². The predicted molar refractivity (Wildman–Crippen MR) is 74.9 cm³/mol. The summed E-state index contributed by atoms with van der Waals surface area (Å²) in [5.74, 6) is -2.65. The lowest BCUT2D eigenvalue weighted by Gasteiger charge is -2.11. The number of ether oxygens (including phenoxy) is 1. The van der Waals surface area contributed by atoms with E-state index in [2.05, 4.69) is 4.74 Å². The number of aryl methyl sites for hydroxylation is 1. The second-order valence-corrected chi connectivity index (χ2v) is 4.73. The van der Waals surface area contributed by atoms with E-state index in [4.69, 9.17) is 11.6 Å². The topological polar surface area (TPSA) is 65.4 Å². The predicted octanol–water partition coefficient (Wildman–Crippen LogP) is 2.52. The van der Waals surface area contributed by atoms with Crippen molar-refractivity contribution in [2.24, 2.45) is 0 Å². The quantitative estimate of drug-likeness (QED) is 0.631. The summed E-state index contributed by atoms with van der Waals surface area (Å²) in [5.41, 5.74) is -0.647. The van der Waals surface area contributed by atoms with Gasteiger partial charge in [-0.25, -0.2) is 9.18 Å². The van der Waals surface area contributed by atoms with Crippen LogP contribution in [0, 0.1) is 5.82 Å². The number of benzene rings is 1. The number of hydrogen-bond donors (Lipinski definition) is 0. The molecule has 0 fully saturated rings. The zero-order valence-corrected chi connectivity index (χ0v) is 12.0. The highest BCUT2D eigenvalue weighted by Crippen LogP contribution is 2.21. The van der Waals surface area contributed by atoms with Crippen LogP contribution in [0.2, 0.25) is 5.02 Å². The lowest BCUT2D eigenvalue weighted by molar-refractivity contribution is -0.135. The summed E-state index contributed by atoms with van der Waals surface area (Å²) < 4.78 is 19.5. The van der Waals surface area contributed by atoms with Gasteiger partial charge in [-0.15, -0.1) is 0 Å². The summed E-state index contributed by atoms with van der Waals surface area (Å²) in [7, 11) is 0. The molecule has 0 saturated carbocycles. The lowest BCUT2D eigenvalue weighted by Crippen LogP contribution is -2.22. The minimum Gasteiger partial charge on any atom is -0.389 e. The maximum atomic E-state index is 13.6. The van der Waals surface area contributed by atoms with E-state index in [0.717, 1.165) is 13.0 Å². The van der Waals surface area contributed by atoms with Gasteiger partial charge in [0.1, 0.15) is 11.4 Å². The lowest BCUT2D eigenvalue weighted by atomic mass is 10.1. The Morgan fingerprint density at radius 2 is 2.05 bits per heavy atom. The minimum atomic E-state index is -1.06. The van der Waals surface area contributed by atoms with Crippen molar-refractivity contribution in [3.05, 3.63) is 45.0 Å². The van der Waals surface area contributed by atoms with Crippen molar-refractivity contribution >= 4 is 34.4 Å². The average Bonchev–Trinajstić information content (AvgIpc) is 2.40. The normalized spacial score (nSPS) is 10.7.